The number of nitrogens with zero attached hydrogens (tertiary/aromatic N) is 3. The predicted molar refractivity (Wildman–Crippen MR) is 123 cm³/mol. The van der Waals surface area contributed by atoms with Crippen LogP contribution in [0.5, 0.6) is 5.75 Å². The molecule has 0 aromatic heterocycles. The molecule has 0 N–H and O–H groups in total. The number of methoxy groups -OCH3 is 1. The van der Waals surface area contributed by atoms with E-state index in [2.05, 4.69) is 4.90 Å². The number of amides is 2. The lowest BCUT2D eigenvalue weighted by atomic mass is 10.1. The van der Waals surface area contributed by atoms with Crippen LogP contribution in [0.2, 0.25) is 0 Å². The van der Waals surface area contributed by atoms with Crippen molar-refractivity contribution in [3.63, 3.8) is 0 Å². The van der Waals surface area contributed by atoms with Gasteiger partial charge in [0.1, 0.15) is 12.4 Å². The summed E-state index contributed by atoms with van der Waals surface area (Å²) in [6, 6.07) is 17.4. The molecule has 1 aliphatic heterocycles. The van der Waals surface area contributed by atoms with Crippen LogP contribution in [0, 0.1) is 5.92 Å². The highest BCUT2D eigenvalue weighted by atomic mass is 16.6. The summed E-state index contributed by atoms with van der Waals surface area (Å²) in [5.74, 6) is 0.561. The smallest absolute Gasteiger partial charge is 0.410 e. The van der Waals surface area contributed by atoms with Gasteiger partial charge in [-0.3, -0.25) is 4.79 Å². The zero-order chi connectivity index (χ0) is 22.9. The number of benzene rings is 2. The molecule has 1 saturated heterocycles. The van der Waals surface area contributed by atoms with E-state index >= 15 is 0 Å². The summed E-state index contributed by atoms with van der Waals surface area (Å²) in [5, 5.41) is 0. The maximum absolute atomic E-state index is 13.4. The number of rotatable bonds is 8. The van der Waals surface area contributed by atoms with Crippen molar-refractivity contribution in [1.82, 2.24) is 14.7 Å². The van der Waals surface area contributed by atoms with Crippen molar-refractivity contribution in [2.75, 3.05) is 46.9 Å². The molecule has 2 aromatic carbocycles. The first-order valence-corrected chi connectivity index (χ1v) is 11.1. The van der Waals surface area contributed by atoms with Crippen LogP contribution in [0.3, 0.4) is 0 Å². The molecule has 2 amide bonds. The van der Waals surface area contributed by atoms with Crippen molar-refractivity contribution in [3.05, 3.63) is 65.7 Å². The number of carbonyl (C=O) groups is 2. The topological polar surface area (TPSA) is 62.3 Å². The van der Waals surface area contributed by atoms with Gasteiger partial charge in [0.15, 0.2) is 0 Å². The van der Waals surface area contributed by atoms with E-state index in [1.54, 1.807) is 12.0 Å². The normalized spacial score (nSPS) is 17.0. The van der Waals surface area contributed by atoms with E-state index in [-0.39, 0.29) is 18.4 Å². The zero-order valence-corrected chi connectivity index (χ0v) is 19.2. The molecule has 0 spiro atoms. The number of hydrogen-bond acceptors (Lipinski definition) is 5. The molecule has 1 unspecified atom stereocenters. The molecule has 172 valence electrons. The number of likely N-dealkylation sites (N-methyl/N-ethyl adjacent to an activating group) is 1. The molecule has 0 aliphatic carbocycles. The van der Waals surface area contributed by atoms with Gasteiger partial charge < -0.3 is 24.2 Å². The highest BCUT2D eigenvalue weighted by Crippen LogP contribution is 2.18. The van der Waals surface area contributed by atoms with Gasteiger partial charge in [-0.05, 0) is 37.2 Å². The maximum atomic E-state index is 13.4. The Morgan fingerprint density at radius 2 is 1.78 bits per heavy atom. The summed E-state index contributed by atoms with van der Waals surface area (Å²) >= 11 is 0. The third-order valence-electron chi connectivity index (χ3n) is 5.76. The molecule has 0 bridgehead atoms. The Morgan fingerprint density at radius 3 is 2.44 bits per heavy atom. The van der Waals surface area contributed by atoms with Crippen LogP contribution in [-0.4, -0.2) is 73.6 Å². The zero-order valence-electron chi connectivity index (χ0n) is 19.2. The summed E-state index contributed by atoms with van der Waals surface area (Å²) < 4.78 is 10.7. The van der Waals surface area contributed by atoms with Gasteiger partial charge in [0.05, 0.1) is 13.0 Å². The van der Waals surface area contributed by atoms with Gasteiger partial charge in [-0.25, -0.2) is 4.79 Å². The second-order valence-corrected chi connectivity index (χ2v) is 8.15. The summed E-state index contributed by atoms with van der Waals surface area (Å²) in [6.45, 7) is 5.55. The highest BCUT2D eigenvalue weighted by Gasteiger charge is 2.32. The van der Waals surface area contributed by atoms with Crippen molar-refractivity contribution >= 4 is 12.0 Å². The first-order valence-electron chi connectivity index (χ1n) is 11.1. The fourth-order valence-electron chi connectivity index (χ4n) is 3.86. The SMILES string of the molecule is CCN(CC1CN(C)CCN(Cc2ccc(OC)cc2)C1=O)C(=O)OCc1ccccc1. The summed E-state index contributed by atoms with van der Waals surface area (Å²) in [6.07, 6.45) is -0.391. The van der Waals surface area contributed by atoms with Gasteiger partial charge >= 0.3 is 6.09 Å². The Hall–Kier alpha value is -3.06. The lowest BCUT2D eigenvalue weighted by molar-refractivity contribution is -0.135. The Labute approximate surface area is 190 Å². The monoisotopic (exact) mass is 439 g/mol. The predicted octanol–water partition coefficient (Wildman–Crippen LogP) is 3.24. The average Bonchev–Trinajstić information content (AvgIpc) is 2.95. The lowest BCUT2D eigenvalue weighted by Crippen LogP contribution is -2.44. The summed E-state index contributed by atoms with van der Waals surface area (Å²) in [7, 11) is 3.65. The Morgan fingerprint density at radius 1 is 1.06 bits per heavy atom. The molecule has 3 rings (SSSR count). The molecular weight excluding hydrogens is 406 g/mol. The highest BCUT2D eigenvalue weighted by molar-refractivity contribution is 5.80. The average molecular weight is 440 g/mol. The van der Waals surface area contributed by atoms with E-state index in [0.29, 0.717) is 32.7 Å². The molecule has 7 nitrogen and oxygen atoms in total. The molecule has 32 heavy (non-hydrogen) atoms. The molecule has 0 saturated carbocycles. The van der Waals surface area contributed by atoms with Gasteiger partial charge in [-0.1, -0.05) is 42.5 Å². The van der Waals surface area contributed by atoms with Crippen LogP contribution in [0.1, 0.15) is 18.1 Å². The fourth-order valence-corrected chi connectivity index (χ4v) is 3.86. The minimum Gasteiger partial charge on any atom is -0.497 e. The second kappa shape index (κ2) is 11.5. The molecule has 0 radical (unpaired) electrons. The van der Waals surface area contributed by atoms with Crippen LogP contribution in [0.25, 0.3) is 0 Å². The quantitative estimate of drug-likeness (QED) is 0.632. The molecule has 7 heteroatoms. The van der Waals surface area contributed by atoms with Crippen molar-refractivity contribution in [3.8, 4) is 5.75 Å². The first-order chi connectivity index (χ1) is 15.5. The molecule has 1 atom stereocenters. The van der Waals surface area contributed by atoms with E-state index in [1.807, 2.05) is 73.5 Å². The van der Waals surface area contributed by atoms with Crippen molar-refractivity contribution in [2.45, 2.75) is 20.1 Å². The fraction of sp³-hybridized carbons (Fsp3) is 0.440. The Balaban J connectivity index is 1.63. The van der Waals surface area contributed by atoms with Crippen molar-refractivity contribution in [2.24, 2.45) is 5.92 Å². The lowest BCUT2D eigenvalue weighted by Gasteiger charge is -2.28. The third kappa shape index (κ3) is 6.47. The minimum absolute atomic E-state index is 0.0690. The van der Waals surface area contributed by atoms with Gasteiger partial charge in [0.25, 0.3) is 0 Å². The maximum Gasteiger partial charge on any atom is 0.410 e. The van der Waals surface area contributed by atoms with Gasteiger partial charge in [-0.2, -0.15) is 0 Å². The van der Waals surface area contributed by atoms with Crippen LogP contribution < -0.4 is 4.74 Å². The van der Waals surface area contributed by atoms with E-state index < -0.39 is 6.09 Å². The first kappa shape index (κ1) is 23.6. The van der Waals surface area contributed by atoms with E-state index in [9.17, 15) is 9.59 Å². The third-order valence-corrected chi connectivity index (χ3v) is 5.76. The van der Waals surface area contributed by atoms with Crippen LogP contribution >= 0.6 is 0 Å². The Bertz CT molecular complexity index is 873. The van der Waals surface area contributed by atoms with E-state index in [1.165, 1.54) is 0 Å². The van der Waals surface area contributed by atoms with Crippen molar-refractivity contribution < 1.29 is 19.1 Å². The summed E-state index contributed by atoms with van der Waals surface area (Å²) in [5.41, 5.74) is 1.99. The largest absolute Gasteiger partial charge is 0.497 e. The van der Waals surface area contributed by atoms with Gasteiger partial charge in [0, 0.05) is 39.3 Å². The van der Waals surface area contributed by atoms with E-state index in [4.69, 9.17) is 9.47 Å². The van der Waals surface area contributed by atoms with Crippen LogP contribution in [0.4, 0.5) is 4.79 Å². The molecule has 1 aliphatic rings. The minimum atomic E-state index is -0.391. The van der Waals surface area contributed by atoms with Crippen molar-refractivity contribution in [1.29, 1.82) is 0 Å². The van der Waals surface area contributed by atoms with Gasteiger partial charge in [0.2, 0.25) is 5.91 Å². The molecule has 2 aromatic rings. The van der Waals surface area contributed by atoms with Crippen LogP contribution in [-0.2, 0) is 22.7 Å². The second-order valence-electron chi connectivity index (χ2n) is 8.15. The van der Waals surface area contributed by atoms with Gasteiger partial charge in [-0.15, -0.1) is 0 Å². The number of carbonyl (C=O) groups excluding carboxylic acids is 2. The summed E-state index contributed by atoms with van der Waals surface area (Å²) in [4.78, 5) is 31.7. The molecule has 1 fully saturated rings. The Kier molecular flexibility index (Phi) is 8.50. The van der Waals surface area contributed by atoms with E-state index in [0.717, 1.165) is 23.4 Å². The molecule has 1 heterocycles. The standard InChI is InChI=1S/C25H33N3O4/c1-4-27(25(30)32-19-21-8-6-5-7-9-21)18-22-17-26(2)14-15-28(24(22)29)16-20-10-12-23(31-3)13-11-20/h5-13,22H,4,14-19H2,1-3H3. The van der Waals surface area contributed by atoms with Crippen LogP contribution in [0.15, 0.2) is 54.6 Å². The molecular formula is C25H33N3O4. The number of ether oxygens (including phenoxy) is 2. The number of hydrogen-bond donors (Lipinski definition) is 0.